The van der Waals surface area contributed by atoms with Crippen LogP contribution < -0.4 is 10.0 Å². The minimum absolute atomic E-state index is 0.0686. The molecule has 0 heterocycles. The highest BCUT2D eigenvalue weighted by atomic mass is 32.2. The molecule has 0 bridgehead atoms. The van der Waals surface area contributed by atoms with Gasteiger partial charge in [-0.15, -0.1) is 0 Å². The van der Waals surface area contributed by atoms with E-state index in [9.17, 15) is 8.42 Å². The Morgan fingerprint density at radius 2 is 2.00 bits per heavy atom. The van der Waals surface area contributed by atoms with Crippen molar-refractivity contribution in [2.24, 2.45) is 0 Å². The van der Waals surface area contributed by atoms with Crippen LogP contribution in [-0.4, -0.2) is 45.3 Å². The summed E-state index contributed by atoms with van der Waals surface area (Å²) >= 11 is 1.67. The molecule has 16 heavy (non-hydrogen) atoms. The Morgan fingerprint density at radius 1 is 1.31 bits per heavy atom. The molecule has 0 aromatic carbocycles. The number of thioether (sulfide) groups is 1. The molecule has 0 saturated carbocycles. The summed E-state index contributed by atoms with van der Waals surface area (Å²) in [7, 11) is -3.10. The van der Waals surface area contributed by atoms with Gasteiger partial charge in [0, 0.05) is 11.8 Å². The van der Waals surface area contributed by atoms with Gasteiger partial charge in [-0.25, -0.2) is 13.1 Å². The summed E-state index contributed by atoms with van der Waals surface area (Å²) < 4.78 is 26.1. The molecule has 0 amide bonds. The lowest BCUT2D eigenvalue weighted by Crippen LogP contribution is -2.38. The second-order valence-electron chi connectivity index (χ2n) is 3.70. The van der Waals surface area contributed by atoms with Gasteiger partial charge in [0.05, 0.1) is 5.75 Å². The molecule has 0 rings (SSSR count). The second kappa shape index (κ2) is 9.27. The molecular weight excluding hydrogens is 244 g/mol. The molecule has 0 fully saturated rings. The molecule has 98 valence electrons. The normalized spacial score (nSPS) is 13.9. The van der Waals surface area contributed by atoms with E-state index in [1.54, 1.807) is 11.8 Å². The van der Waals surface area contributed by atoms with E-state index in [-0.39, 0.29) is 11.8 Å². The molecule has 2 N–H and O–H groups in total. The molecule has 0 spiro atoms. The molecule has 1 unspecified atom stereocenters. The van der Waals surface area contributed by atoms with Gasteiger partial charge in [-0.2, -0.15) is 11.8 Å². The molecular formula is C10H24N2O2S2. The molecule has 0 aliphatic rings. The van der Waals surface area contributed by atoms with Crippen molar-refractivity contribution in [1.29, 1.82) is 0 Å². The van der Waals surface area contributed by atoms with E-state index in [4.69, 9.17) is 0 Å². The van der Waals surface area contributed by atoms with E-state index < -0.39 is 10.0 Å². The third-order valence-electron chi connectivity index (χ3n) is 2.22. The van der Waals surface area contributed by atoms with Crippen molar-refractivity contribution < 1.29 is 8.42 Å². The fourth-order valence-corrected chi connectivity index (χ4v) is 3.54. The molecule has 0 aromatic rings. The average molecular weight is 268 g/mol. The molecule has 6 heteroatoms. The van der Waals surface area contributed by atoms with Crippen LogP contribution in [0.5, 0.6) is 0 Å². The Balaban J connectivity index is 3.92. The Bertz CT molecular complexity index is 256. The third-order valence-corrected chi connectivity index (χ3v) is 4.48. The first-order valence-electron chi connectivity index (χ1n) is 5.75. The standard InChI is InChI=1S/C10H24N2O2S2/c1-4-10(9-15-3)12-16(13,14)8-6-7-11-5-2/h10-12H,4-9H2,1-3H3. The maximum Gasteiger partial charge on any atom is 0.211 e. The van der Waals surface area contributed by atoms with E-state index in [1.807, 2.05) is 20.1 Å². The summed E-state index contributed by atoms with van der Waals surface area (Å²) in [6.07, 6.45) is 3.49. The zero-order chi connectivity index (χ0) is 12.4. The molecule has 0 radical (unpaired) electrons. The minimum atomic E-state index is -3.10. The summed E-state index contributed by atoms with van der Waals surface area (Å²) in [6, 6.07) is 0.0686. The highest BCUT2D eigenvalue weighted by Crippen LogP contribution is 2.03. The van der Waals surface area contributed by atoms with E-state index in [0.29, 0.717) is 6.42 Å². The van der Waals surface area contributed by atoms with E-state index >= 15 is 0 Å². The van der Waals surface area contributed by atoms with E-state index in [2.05, 4.69) is 10.0 Å². The monoisotopic (exact) mass is 268 g/mol. The average Bonchev–Trinajstić information content (AvgIpc) is 2.23. The van der Waals surface area contributed by atoms with Gasteiger partial charge < -0.3 is 5.32 Å². The van der Waals surface area contributed by atoms with Gasteiger partial charge in [-0.3, -0.25) is 0 Å². The SMILES string of the molecule is CCNCCCS(=O)(=O)NC(CC)CSC. The predicted molar refractivity (Wildman–Crippen MR) is 72.5 cm³/mol. The number of hydrogen-bond donors (Lipinski definition) is 2. The van der Waals surface area contributed by atoms with Gasteiger partial charge in [0.2, 0.25) is 10.0 Å². The van der Waals surface area contributed by atoms with Gasteiger partial charge in [0.15, 0.2) is 0 Å². The van der Waals surface area contributed by atoms with Crippen LogP contribution in [0.3, 0.4) is 0 Å². The lowest BCUT2D eigenvalue weighted by molar-refractivity contribution is 0.554. The lowest BCUT2D eigenvalue weighted by atomic mass is 10.3. The van der Waals surface area contributed by atoms with Crippen molar-refractivity contribution in [3.05, 3.63) is 0 Å². The van der Waals surface area contributed by atoms with Gasteiger partial charge in [-0.05, 0) is 32.2 Å². The zero-order valence-electron chi connectivity index (χ0n) is 10.5. The first-order chi connectivity index (χ1) is 7.55. The van der Waals surface area contributed by atoms with E-state index in [0.717, 1.165) is 25.3 Å². The van der Waals surface area contributed by atoms with Crippen molar-refractivity contribution in [3.8, 4) is 0 Å². The number of rotatable bonds is 10. The summed E-state index contributed by atoms with van der Waals surface area (Å²) in [4.78, 5) is 0. The fraction of sp³-hybridized carbons (Fsp3) is 1.00. The van der Waals surface area contributed by atoms with E-state index in [1.165, 1.54) is 0 Å². The Kier molecular flexibility index (Phi) is 9.40. The molecule has 0 saturated heterocycles. The van der Waals surface area contributed by atoms with Crippen molar-refractivity contribution in [2.75, 3.05) is 30.9 Å². The Labute approximate surface area is 104 Å². The van der Waals surface area contributed by atoms with Crippen LogP contribution in [0.4, 0.5) is 0 Å². The van der Waals surface area contributed by atoms with Crippen LogP contribution in [0.2, 0.25) is 0 Å². The molecule has 4 nitrogen and oxygen atoms in total. The third kappa shape index (κ3) is 8.38. The highest BCUT2D eigenvalue weighted by molar-refractivity contribution is 7.98. The maximum absolute atomic E-state index is 11.7. The maximum atomic E-state index is 11.7. The Morgan fingerprint density at radius 3 is 2.50 bits per heavy atom. The van der Waals surface area contributed by atoms with Crippen LogP contribution >= 0.6 is 11.8 Å². The van der Waals surface area contributed by atoms with Crippen molar-refractivity contribution in [3.63, 3.8) is 0 Å². The second-order valence-corrected chi connectivity index (χ2v) is 6.49. The number of nitrogens with one attached hydrogen (secondary N) is 2. The van der Waals surface area contributed by atoms with Crippen LogP contribution in [-0.2, 0) is 10.0 Å². The highest BCUT2D eigenvalue weighted by Gasteiger charge is 2.15. The largest absolute Gasteiger partial charge is 0.317 e. The molecule has 0 aromatic heterocycles. The smallest absolute Gasteiger partial charge is 0.211 e. The molecule has 1 atom stereocenters. The molecule has 0 aliphatic carbocycles. The summed E-state index contributed by atoms with van der Waals surface area (Å²) in [5, 5.41) is 3.12. The van der Waals surface area contributed by atoms with Crippen molar-refractivity contribution >= 4 is 21.8 Å². The zero-order valence-corrected chi connectivity index (χ0v) is 12.1. The quantitative estimate of drug-likeness (QED) is 0.581. The summed E-state index contributed by atoms with van der Waals surface area (Å²) in [6.45, 7) is 5.66. The van der Waals surface area contributed by atoms with Crippen LogP contribution in [0.1, 0.15) is 26.7 Å². The summed E-state index contributed by atoms with van der Waals surface area (Å²) in [5.74, 6) is 1.05. The fourth-order valence-electron chi connectivity index (χ4n) is 1.31. The van der Waals surface area contributed by atoms with Gasteiger partial charge in [0.25, 0.3) is 0 Å². The van der Waals surface area contributed by atoms with Crippen LogP contribution in [0.25, 0.3) is 0 Å². The Hall–Kier alpha value is 0.220. The molecule has 0 aliphatic heterocycles. The van der Waals surface area contributed by atoms with Crippen LogP contribution in [0, 0.1) is 0 Å². The van der Waals surface area contributed by atoms with Gasteiger partial charge in [0.1, 0.15) is 0 Å². The van der Waals surface area contributed by atoms with Crippen LogP contribution in [0.15, 0.2) is 0 Å². The number of sulfonamides is 1. The first kappa shape index (κ1) is 16.2. The number of hydrogen-bond acceptors (Lipinski definition) is 4. The van der Waals surface area contributed by atoms with Crippen molar-refractivity contribution in [2.45, 2.75) is 32.7 Å². The van der Waals surface area contributed by atoms with Crippen molar-refractivity contribution in [1.82, 2.24) is 10.0 Å². The van der Waals surface area contributed by atoms with Gasteiger partial charge in [-0.1, -0.05) is 13.8 Å². The minimum Gasteiger partial charge on any atom is -0.317 e. The topological polar surface area (TPSA) is 58.2 Å². The van der Waals surface area contributed by atoms with Gasteiger partial charge >= 0.3 is 0 Å². The lowest BCUT2D eigenvalue weighted by Gasteiger charge is -2.15. The summed E-state index contributed by atoms with van der Waals surface area (Å²) in [5.41, 5.74) is 0. The first-order valence-corrected chi connectivity index (χ1v) is 8.80. The predicted octanol–water partition coefficient (Wildman–Crippen LogP) is 1.05.